The molecule has 3 N–H and O–H groups in total. The maximum Gasteiger partial charge on any atom is 0.246 e. The Morgan fingerprint density at radius 2 is 2.10 bits per heavy atom. The first-order chi connectivity index (χ1) is 9.34. The molecule has 0 fully saturated rings. The van der Waals surface area contributed by atoms with Crippen molar-refractivity contribution in [2.75, 3.05) is 39.1 Å². The summed E-state index contributed by atoms with van der Waals surface area (Å²) in [6.07, 6.45) is 0. The first-order valence-electron chi connectivity index (χ1n) is 5.69. The van der Waals surface area contributed by atoms with Gasteiger partial charge in [0.2, 0.25) is 10.0 Å². The Bertz CT molecular complexity index is 568. The van der Waals surface area contributed by atoms with Gasteiger partial charge in [0, 0.05) is 25.9 Å². The smallest absolute Gasteiger partial charge is 0.246 e. The van der Waals surface area contributed by atoms with Crippen LogP contribution in [0.5, 0.6) is 0 Å². The Kier molecular flexibility index (Phi) is 6.15. The van der Waals surface area contributed by atoms with E-state index in [2.05, 4.69) is 0 Å². The summed E-state index contributed by atoms with van der Waals surface area (Å²) >= 11 is 5.60. The van der Waals surface area contributed by atoms with Crippen LogP contribution in [0.25, 0.3) is 0 Å². The van der Waals surface area contributed by atoms with Crippen molar-refractivity contribution in [3.05, 3.63) is 23.0 Å². The minimum atomic E-state index is -4.16. The van der Waals surface area contributed by atoms with Gasteiger partial charge in [0.05, 0.1) is 18.2 Å². The molecule has 0 aliphatic rings. The average Bonchev–Trinajstić information content (AvgIpc) is 2.38. The molecule has 0 atom stereocenters. The fourth-order valence-corrected chi connectivity index (χ4v) is 3.39. The number of anilines is 1. The average molecular weight is 327 g/mol. The molecule has 1 rings (SSSR count). The second kappa shape index (κ2) is 7.19. The van der Waals surface area contributed by atoms with E-state index in [0.717, 1.165) is 16.4 Å². The van der Waals surface area contributed by atoms with E-state index in [1.54, 1.807) is 0 Å². The van der Waals surface area contributed by atoms with Crippen molar-refractivity contribution in [3.8, 4) is 0 Å². The Hall–Kier alpha value is -0.930. The number of sulfonamides is 1. The molecule has 0 spiro atoms. The Morgan fingerprint density at radius 1 is 1.45 bits per heavy atom. The van der Waals surface area contributed by atoms with E-state index in [-0.39, 0.29) is 30.4 Å². The molecule has 9 heteroatoms. The summed E-state index contributed by atoms with van der Waals surface area (Å²) in [6.45, 7) is -0.500. The van der Waals surface area contributed by atoms with E-state index >= 15 is 0 Å². The van der Waals surface area contributed by atoms with Gasteiger partial charge < -0.3 is 15.6 Å². The standard InChI is InChI=1S/C11H16ClFN2O4S/c1-19-5-3-15(2-4-16)20(17,18)10-7-8(14)6-9(12)11(10)13/h6-7,16H,2-5,14H2,1H3. The van der Waals surface area contributed by atoms with Gasteiger partial charge in [-0.1, -0.05) is 11.6 Å². The third-order valence-electron chi connectivity index (χ3n) is 2.53. The van der Waals surface area contributed by atoms with Crippen LogP contribution < -0.4 is 5.73 Å². The van der Waals surface area contributed by atoms with E-state index in [1.807, 2.05) is 0 Å². The molecule has 0 saturated carbocycles. The fraction of sp³-hybridized carbons (Fsp3) is 0.455. The number of aliphatic hydroxyl groups excluding tert-OH is 1. The van der Waals surface area contributed by atoms with Crippen molar-refractivity contribution in [2.45, 2.75) is 4.90 Å². The number of nitrogen functional groups attached to an aromatic ring is 1. The molecule has 0 bridgehead atoms. The molecule has 0 heterocycles. The van der Waals surface area contributed by atoms with Crippen molar-refractivity contribution < 1.29 is 22.7 Å². The Labute approximate surface area is 121 Å². The van der Waals surface area contributed by atoms with Crippen LogP contribution in [0.15, 0.2) is 17.0 Å². The van der Waals surface area contributed by atoms with Gasteiger partial charge in [0.15, 0.2) is 5.82 Å². The van der Waals surface area contributed by atoms with Crippen LogP contribution in [0.1, 0.15) is 0 Å². The molecule has 0 amide bonds. The summed E-state index contributed by atoms with van der Waals surface area (Å²) in [7, 11) is -2.75. The van der Waals surface area contributed by atoms with Gasteiger partial charge in [-0.25, -0.2) is 12.8 Å². The van der Waals surface area contributed by atoms with Crippen LogP contribution >= 0.6 is 11.6 Å². The number of methoxy groups -OCH3 is 1. The van der Waals surface area contributed by atoms with Gasteiger partial charge in [-0.15, -0.1) is 0 Å². The number of rotatable bonds is 7. The van der Waals surface area contributed by atoms with E-state index in [4.69, 9.17) is 27.2 Å². The third kappa shape index (κ3) is 3.80. The predicted molar refractivity (Wildman–Crippen MR) is 73.5 cm³/mol. The topological polar surface area (TPSA) is 92.9 Å². The van der Waals surface area contributed by atoms with Gasteiger partial charge >= 0.3 is 0 Å². The van der Waals surface area contributed by atoms with Gasteiger partial charge in [-0.05, 0) is 12.1 Å². The molecule has 0 unspecified atom stereocenters. The zero-order valence-corrected chi connectivity index (χ0v) is 12.4. The molecular formula is C11H16ClFN2O4S. The molecule has 0 aliphatic heterocycles. The summed E-state index contributed by atoms with van der Waals surface area (Å²) in [5.74, 6) is -1.07. The molecule has 0 aliphatic carbocycles. The largest absolute Gasteiger partial charge is 0.399 e. The minimum Gasteiger partial charge on any atom is -0.399 e. The van der Waals surface area contributed by atoms with Crippen molar-refractivity contribution in [2.24, 2.45) is 0 Å². The lowest BCUT2D eigenvalue weighted by molar-refractivity contribution is 0.168. The Morgan fingerprint density at radius 3 is 2.65 bits per heavy atom. The number of hydrogen-bond donors (Lipinski definition) is 2. The fourth-order valence-electron chi connectivity index (χ4n) is 1.57. The second-order valence-corrected chi connectivity index (χ2v) is 6.25. The third-order valence-corrected chi connectivity index (χ3v) is 4.70. The predicted octanol–water partition coefficient (Wildman–Crippen LogP) is 0.691. The Balaban J connectivity index is 3.25. The monoisotopic (exact) mass is 326 g/mol. The molecule has 20 heavy (non-hydrogen) atoms. The summed E-state index contributed by atoms with van der Waals surface area (Å²) < 4.78 is 44.3. The SMILES string of the molecule is COCCN(CCO)S(=O)(=O)c1cc(N)cc(Cl)c1F. The first-order valence-corrected chi connectivity index (χ1v) is 7.51. The summed E-state index contributed by atoms with van der Waals surface area (Å²) in [6, 6.07) is 2.12. The first kappa shape index (κ1) is 17.1. The van der Waals surface area contributed by atoms with Crippen LogP contribution in [-0.4, -0.2) is 51.2 Å². The highest BCUT2D eigenvalue weighted by Crippen LogP contribution is 2.27. The molecule has 1 aromatic carbocycles. The van der Waals surface area contributed by atoms with E-state index < -0.39 is 27.3 Å². The molecule has 0 saturated heterocycles. The van der Waals surface area contributed by atoms with E-state index in [1.165, 1.54) is 7.11 Å². The summed E-state index contributed by atoms with van der Waals surface area (Å²) in [5.41, 5.74) is 5.52. The minimum absolute atomic E-state index is 0.0226. The van der Waals surface area contributed by atoms with Crippen LogP contribution in [0.2, 0.25) is 5.02 Å². The van der Waals surface area contributed by atoms with Crippen LogP contribution in [0.3, 0.4) is 0 Å². The number of aliphatic hydroxyl groups is 1. The summed E-state index contributed by atoms with van der Waals surface area (Å²) in [4.78, 5) is -0.618. The van der Waals surface area contributed by atoms with Crippen LogP contribution in [0.4, 0.5) is 10.1 Å². The number of benzene rings is 1. The lowest BCUT2D eigenvalue weighted by atomic mass is 10.3. The van der Waals surface area contributed by atoms with Crippen molar-refractivity contribution >= 4 is 27.3 Å². The van der Waals surface area contributed by atoms with Gasteiger partial charge in [-0.3, -0.25) is 0 Å². The van der Waals surface area contributed by atoms with Gasteiger partial charge in [0.1, 0.15) is 4.90 Å². The van der Waals surface area contributed by atoms with Crippen molar-refractivity contribution in [1.82, 2.24) is 4.31 Å². The lowest BCUT2D eigenvalue weighted by Gasteiger charge is -2.21. The highest BCUT2D eigenvalue weighted by Gasteiger charge is 2.28. The zero-order chi connectivity index (χ0) is 15.3. The summed E-state index contributed by atoms with van der Waals surface area (Å²) in [5, 5.41) is 8.56. The maximum atomic E-state index is 13.9. The van der Waals surface area contributed by atoms with Gasteiger partial charge in [-0.2, -0.15) is 4.31 Å². The van der Waals surface area contributed by atoms with E-state index in [9.17, 15) is 12.8 Å². The second-order valence-electron chi connectivity index (χ2n) is 3.94. The zero-order valence-electron chi connectivity index (χ0n) is 10.8. The maximum absolute atomic E-state index is 13.9. The molecule has 1 aromatic rings. The number of nitrogens with zero attached hydrogens (tertiary/aromatic N) is 1. The highest BCUT2D eigenvalue weighted by atomic mass is 35.5. The normalized spacial score (nSPS) is 12.1. The molecule has 114 valence electrons. The molecule has 0 radical (unpaired) electrons. The van der Waals surface area contributed by atoms with Crippen LogP contribution in [0, 0.1) is 5.82 Å². The highest BCUT2D eigenvalue weighted by molar-refractivity contribution is 7.89. The van der Waals surface area contributed by atoms with Crippen LogP contribution in [-0.2, 0) is 14.8 Å². The molecule has 0 aromatic heterocycles. The van der Waals surface area contributed by atoms with E-state index in [0.29, 0.717) is 0 Å². The number of halogens is 2. The van der Waals surface area contributed by atoms with Gasteiger partial charge in [0.25, 0.3) is 0 Å². The van der Waals surface area contributed by atoms with Crippen molar-refractivity contribution in [1.29, 1.82) is 0 Å². The number of nitrogens with two attached hydrogens (primary N) is 1. The number of hydrogen-bond acceptors (Lipinski definition) is 5. The molecule has 6 nitrogen and oxygen atoms in total. The molecular weight excluding hydrogens is 311 g/mol. The number of ether oxygens (including phenoxy) is 1. The lowest BCUT2D eigenvalue weighted by Crippen LogP contribution is -2.36. The van der Waals surface area contributed by atoms with Crippen molar-refractivity contribution in [3.63, 3.8) is 0 Å². The quantitative estimate of drug-likeness (QED) is 0.719.